The molecule has 0 atom stereocenters. The second-order valence-corrected chi connectivity index (χ2v) is 7.10. The van der Waals surface area contributed by atoms with Crippen molar-refractivity contribution < 1.29 is 14.1 Å². The Balaban J connectivity index is 1.76. The van der Waals surface area contributed by atoms with E-state index in [-0.39, 0.29) is 5.97 Å². The summed E-state index contributed by atoms with van der Waals surface area (Å²) in [7, 11) is 1.41. The first-order chi connectivity index (χ1) is 12.6. The SMILES string of the molecule is COC(=O)CCCC/C=C/c1c(-c2c(Cl)cncc2Cl)noc1C1CC1. The van der Waals surface area contributed by atoms with E-state index >= 15 is 0 Å². The van der Waals surface area contributed by atoms with Crippen LogP contribution in [0.3, 0.4) is 0 Å². The van der Waals surface area contributed by atoms with Gasteiger partial charge in [0.25, 0.3) is 0 Å². The van der Waals surface area contributed by atoms with Crippen molar-refractivity contribution in [3.05, 3.63) is 39.8 Å². The molecule has 0 spiro atoms. The molecule has 0 amide bonds. The zero-order valence-corrected chi connectivity index (χ0v) is 16.0. The molecule has 3 rings (SSSR count). The number of rotatable bonds is 8. The summed E-state index contributed by atoms with van der Waals surface area (Å²) in [6.07, 6.45) is 12.4. The lowest BCUT2D eigenvalue weighted by Crippen LogP contribution is -1.98. The number of nitrogens with zero attached hydrogens (tertiary/aromatic N) is 2. The highest BCUT2D eigenvalue weighted by Crippen LogP contribution is 2.46. The average molecular weight is 395 g/mol. The number of esters is 1. The second kappa shape index (κ2) is 8.69. The first-order valence-corrected chi connectivity index (χ1v) is 9.39. The summed E-state index contributed by atoms with van der Waals surface area (Å²) in [5.74, 6) is 1.12. The predicted octanol–water partition coefficient (Wildman–Crippen LogP) is 5.67. The first kappa shape index (κ1) is 18.9. The molecule has 0 unspecified atom stereocenters. The number of methoxy groups -OCH3 is 1. The molecule has 1 fully saturated rings. The maximum Gasteiger partial charge on any atom is 0.305 e. The Morgan fingerprint density at radius 1 is 1.31 bits per heavy atom. The van der Waals surface area contributed by atoms with Crippen molar-refractivity contribution >= 4 is 35.2 Å². The Hall–Kier alpha value is -1.85. The third-order valence-corrected chi connectivity index (χ3v) is 4.88. The molecule has 0 N–H and O–H groups in total. The van der Waals surface area contributed by atoms with Crippen LogP contribution in [0.25, 0.3) is 17.3 Å². The van der Waals surface area contributed by atoms with E-state index in [4.69, 9.17) is 27.7 Å². The summed E-state index contributed by atoms with van der Waals surface area (Å²) in [6.45, 7) is 0. The van der Waals surface area contributed by atoms with Crippen LogP contribution < -0.4 is 0 Å². The van der Waals surface area contributed by atoms with Gasteiger partial charge in [-0.25, -0.2) is 0 Å². The molecule has 2 aromatic heterocycles. The van der Waals surface area contributed by atoms with Gasteiger partial charge in [0, 0.05) is 35.9 Å². The first-order valence-electron chi connectivity index (χ1n) is 8.64. The van der Waals surface area contributed by atoms with Crippen molar-refractivity contribution in [2.75, 3.05) is 7.11 Å². The van der Waals surface area contributed by atoms with Gasteiger partial charge in [0.15, 0.2) is 0 Å². The third-order valence-electron chi connectivity index (χ3n) is 4.31. The molecule has 2 heterocycles. The van der Waals surface area contributed by atoms with Gasteiger partial charge < -0.3 is 9.26 Å². The van der Waals surface area contributed by atoms with Gasteiger partial charge in [0.1, 0.15) is 11.5 Å². The lowest BCUT2D eigenvalue weighted by atomic mass is 10.0. The Labute approximate surface area is 162 Å². The summed E-state index contributed by atoms with van der Waals surface area (Å²) in [6, 6.07) is 0. The number of halogens is 2. The molecule has 5 nitrogen and oxygen atoms in total. The third kappa shape index (κ3) is 4.46. The van der Waals surface area contributed by atoms with Crippen LogP contribution >= 0.6 is 23.2 Å². The van der Waals surface area contributed by atoms with Gasteiger partial charge in [-0.2, -0.15) is 0 Å². The van der Waals surface area contributed by atoms with Crippen molar-refractivity contribution in [3.8, 4) is 11.3 Å². The van der Waals surface area contributed by atoms with E-state index in [2.05, 4.69) is 21.0 Å². The summed E-state index contributed by atoms with van der Waals surface area (Å²) < 4.78 is 10.3. The lowest BCUT2D eigenvalue weighted by Gasteiger charge is -2.04. The smallest absolute Gasteiger partial charge is 0.305 e. The molecule has 0 radical (unpaired) electrons. The Morgan fingerprint density at radius 2 is 2.04 bits per heavy atom. The highest BCUT2D eigenvalue weighted by atomic mass is 35.5. The van der Waals surface area contributed by atoms with Crippen molar-refractivity contribution in [2.24, 2.45) is 0 Å². The highest BCUT2D eigenvalue weighted by Gasteiger charge is 2.32. The fourth-order valence-electron chi connectivity index (χ4n) is 2.76. The predicted molar refractivity (Wildman–Crippen MR) is 101 cm³/mol. The van der Waals surface area contributed by atoms with E-state index < -0.39 is 0 Å². The van der Waals surface area contributed by atoms with Crippen LogP contribution in [0.15, 0.2) is 23.0 Å². The van der Waals surface area contributed by atoms with Crippen molar-refractivity contribution in [1.82, 2.24) is 10.1 Å². The van der Waals surface area contributed by atoms with Gasteiger partial charge in [0.05, 0.1) is 17.2 Å². The Kier molecular flexibility index (Phi) is 6.33. The molecule has 26 heavy (non-hydrogen) atoms. The number of ether oxygens (including phenoxy) is 1. The van der Waals surface area contributed by atoms with Crippen LogP contribution in [0, 0.1) is 0 Å². The molecule has 1 aliphatic rings. The average Bonchev–Trinajstić information content (AvgIpc) is 3.39. The summed E-state index contributed by atoms with van der Waals surface area (Å²) in [4.78, 5) is 15.1. The normalized spacial score (nSPS) is 14.1. The maximum absolute atomic E-state index is 11.1. The van der Waals surface area contributed by atoms with Crippen LogP contribution in [-0.4, -0.2) is 23.2 Å². The molecule has 1 aliphatic carbocycles. The molecular formula is C19H20Cl2N2O3. The highest BCUT2D eigenvalue weighted by molar-refractivity contribution is 6.39. The van der Waals surface area contributed by atoms with E-state index in [1.54, 1.807) is 12.4 Å². The number of hydrogen-bond acceptors (Lipinski definition) is 5. The summed E-state index contributed by atoms with van der Waals surface area (Å²) in [5, 5.41) is 5.13. The quantitative estimate of drug-likeness (QED) is 0.426. The number of hydrogen-bond donors (Lipinski definition) is 0. The molecule has 0 aliphatic heterocycles. The van der Waals surface area contributed by atoms with Gasteiger partial charge >= 0.3 is 5.97 Å². The Bertz CT molecular complexity index is 793. The molecule has 0 saturated heterocycles. The molecule has 7 heteroatoms. The zero-order chi connectivity index (χ0) is 18.5. The van der Waals surface area contributed by atoms with Crippen LogP contribution in [0.2, 0.25) is 10.0 Å². The minimum absolute atomic E-state index is 0.173. The Morgan fingerprint density at radius 3 is 2.69 bits per heavy atom. The number of carbonyl (C=O) groups is 1. The van der Waals surface area contributed by atoms with Gasteiger partial charge in [-0.15, -0.1) is 0 Å². The molecule has 1 saturated carbocycles. The van der Waals surface area contributed by atoms with Gasteiger partial charge in [0.2, 0.25) is 0 Å². The number of allylic oxidation sites excluding steroid dienone is 1. The number of pyridine rings is 1. The number of aromatic nitrogens is 2. The zero-order valence-electron chi connectivity index (χ0n) is 14.5. The lowest BCUT2D eigenvalue weighted by molar-refractivity contribution is -0.140. The van der Waals surface area contributed by atoms with Gasteiger partial charge in [-0.3, -0.25) is 9.78 Å². The van der Waals surface area contributed by atoms with E-state index in [9.17, 15) is 4.79 Å². The van der Waals surface area contributed by atoms with E-state index in [0.717, 1.165) is 43.4 Å². The number of unbranched alkanes of at least 4 members (excludes halogenated alkanes) is 2. The van der Waals surface area contributed by atoms with Gasteiger partial charge in [-0.05, 0) is 32.1 Å². The fraction of sp³-hybridized carbons (Fsp3) is 0.421. The van der Waals surface area contributed by atoms with Gasteiger partial charge in [-0.1, -0.05) is 40.5 Å². The minimum Gasteiger partial charge on any atom is -0.469 e. The van der Waals surface area contributed by atoms with Crippen molar-refractivity contribution in [2.45, 2.75) is 44.4 Å². The monoisotopic (exact) mass is 394 g/mol. The van der Waals surface area contributed by atoms with Crippen LogP contribution in [-0.2, 0) is 9.53 Å². The summed E-state index contributed by atoms with van der Waals surface area (Å²) >= 11 is 12.6. The van der Waals surface area contributed by atoms with Crippen LogP contribution in [0.4, 0.5) is 0 Å². The summed E-state index contributed by atoms with van der Waals surface area (Å²) in [5.41, 5.74) is 2.22. The largest absolute Gasteiger partial charge is 0.469 e. The van der Waals surface area contributed by atoms with Crippen LogP contribution in [0.1, 0.15) is 55.8 Å². The van der Waals surface area contributed by atoms with E-state index in [0.29, 0.717) is 33.6 Å². The fourth-order valence-corrected chi connectivity index (χ4v) is 3.31. The van der Waals surface area contributed by atoms with Crippen LogP contribution in [0.5, 0.6) is 0 Å². The molecule has 2 aromatic rings. The topological polar surface area (TPSA) is 65.2 Å². The molecule has 0 bridgehead atoms. The van der Waals surface area contributed by atoms with E-state index in [1.807, 2.05) is 6.08 Å². The van der Waals surface area contributed by atoms with Crippen molar-refractivity contribution in [1.29, 1.82) is 0 Å². The minimum atomic E-state index is -0.173. The van der Waals surface area contributed by atoms with Crippen molar-refractivity contribution in [3.63, 3.8) is 0 Å². The standard InChI is InChI=1S/C19H20Cl2N2O3/c1-25-16(24)7-5-3-2-4-6-13-18(23-26-19(13)12-8-9-12)17-14(20)10-22-11-15(17)21/h4,6,10-12H,2-3,5,7-9H2,1H3/b6-4+. The second-order valence-electron chi connectivity index (χ2n) is 6.29. The number of carbonyl (C=O) groups excluding carboxylic acids is 1. The molecular weight excluding hydrogens is 375 g/mol. The molecule has 0 aromatic carbocycles. The molecule has 138 valence electrons. The van der Waals surface area contributed by atoms with E-state index in [1.165, 1.54) is 7.11 Å². The maximum atomic E-state index is 11.1.